The van der Waals surface area contributed by atoms with E-state index in [1.807, 2.05) is 12.1 Å². The molecule has 1 aromatic heterocycles. The molecular formula is C24H24ClNO5. The first-order chi connectivity index (χ1) is 15.0. The molecule has 0 radical (unpaired) electrons. The Bertz CT molecular complexity index is 1200. The summed E-state index contributed by atoms with van der Waals surface area (Å²) in [6.07, 6.45) is 3.18. The molecule has 162 valence electrons. The Morgan fingerprint density at radius 3 is 2.65 bits per heavy atom. The van der Waals surface area contributed by atoms with Crippen molar-refractivity contribution in [3.05, 3.63) is 68.5 Å². The van der Waals surface area contributed by atoms with Crippen molar-refractivity contribution in [1.82, 2.24) is 4.90 Å². The van der Waals surface area contributed by atoms with Gasteiger partial charge in [0.2, 0.25) is 5.76 Å². The van der Waals surface area contributed by atoms with Crippen LogP contribution in [0, 0.1) is 0 Å². The van der Waals surface area contributed by atoms with Crippen molar-refractivity contribution in [2.24, 2.45) is 0 Å². The molecule has 1 atom stereocenters. The number of carbonyl (C=O) groups excluding carboxylic acids is 1. The van der Waals surface area contributed by atoms with Gasteiger partial charge in [-0.15, -0.1) is 0 Å². The summed E-state index contributed by atoms with van der Waals surface area (Å²) in [5.74, 6) is 0.905. The van der Waals surface area contributed by atoms with Crippen molar-refractivity contribution in [3.63, 3.8) is 0 Å². The molecule has 0 N–H and O–H groups in total. The summed E-state index contributed by atoms with van der Waals surface area (Å²) in [5, 5.41) is 0.780. The molecule has 0 saturated carbocycles. The Morgan fingerprint density at radius 2 is 1.90 bits per heavy atom. The largest absolute Gasteiger partial charge is 0.493 e. The highest BCUT2D eigenvalue weighted by molar-refractivity contribution is 6.31. The number of amides is 1. The lowest BCUT2D eigenvalue weighted by atomic mass is 9.98. The van der Waals surface area contributed by atoms with Gasteiger partial charge in [0, 0.05) is 12.1 Å². The maximum absolute atomic E-state index is 13.3. The van der Waals surface area contributed by atoms with Gasteiger partial charge in [-0.05, 0) is 42.3 Å². The van der Waals surface area contributed by atoms with Gasteiger partial charge in [-0.2, -0.15) is 0 Å². The molecular weight excluding hydrogens is 418 g/mol. The third-order valence-electron chi connectivity index (χ3n) is 5.57. The lowest BCUT2D eigenvalue weighted by Gasteiger charge is -2.21. The molecule has 31 heavy (non-hydrogen) atoms. The predicted octanol–water partition coefficient (Wildman–Crippen LogP) is 5.20. The van der Waals surface area contributed by atoms with E-state index in [9.17, 15) is 9.59 Å². The van der Waals surface area contributed by atoms with E-state index < -0.39 is 6.04 Å². The average molecular weight is 442 g/mol. The molecule has 0 bridgehead atoms. The van der Waals surface area contributed by atoms with Crippen LogP contribution in [0.2, 0.25) is 5.02 Å². The molecule has 7 heteroatoms. The monoisotopic (exact) mass is 441 g/mol. The first-order valence-corrected chi connectivity index (χ1v) is 10.7. The van der Waals surface area contributed by atoms with Crippen molar-refractivity contribution in [3.8, 4) is 11.5 Å². The van der Waals surface area contributed by atoms with Crippen LogP contribution in [0.25, 0.3) is 11.0 Å². The highest BCUT2D eigenvalue weighted by Gasteiger charge is 2.41. The number of carbonyl (C=O) groups is 1. The third kappa shape index (κ3) is 3.76. The quantitative estimate of drug-likeness (QED) is 0.471. The molecule has 0 aliphatic carbocycles. The maximum atomic E-state index is 13.3. The summed E-state index contributed by atoms with van der Waals surface area (Å²) >= 11 is 6.08. The van der Waals surface area contributed by atoms with Crippen LogP contribution >= 0.6 is 11.6 Å². The molecule has 4 rings (SSSR count). The van der Waals surface area contributed by atoms with Gasteiger partial charge in [-0.25, -0.2) is 0 Å². The fourth-order valence-electron chi connectivity index (χ4n) is 3.96. The van der Waals surface area contributed by atoms with Gasteiger partial charge in [0.15, 0.2) is 16.9 Å². The first kappa shape index (κ1) is 21.2. The second-order valence-corrected chi connectivity index (χ2v) is 8.04. The van der Waals surface area contributed by atoms with E-state index in [2.05, 4.69) is 6.92 Å². The Hall–Kier alpha value is -2.99. The molecule has 1 aliphatic rings. The number of hydrogen-bond acceptors (Lipinski definition) is 5. The fourth-order valence-corrected chi connectivity index (χ4v) is 4.13. The minimum Gasteiger partial charge on any atom is -0.493 e. The van der Waals surface area contributed by atoms with Crippen LogP contribution in [0.4, 0.5) is 0 Å². The SMILES string of the molecule is CCCCCOc1ccc(C2c3c(oc4ccc(Cl)cc4c3=O)C(=O)N2C)cc1OC. The predicted molar refractivity (Wildman–Crippen MR) is 119 cm³/mol. The zero-order chi connectivity index (χ0) is 22.1. The second-order valence-electron chi connectivity index (χ2n) is 7.60. The Labute approximate surface area is 185 Å². The van der Waals surface area contributed by atoms with Crippen molar-refractivity contribution >= 4 is 28.5 Å². The minimum atomic E-state index is -0.592. The summed E-state index contributed by atoms with van der Waals surface area (Å²) in [7, 11) is 3.22. The van der Waals surface area contributed by atoms with E-state index in [0.29, 0.717) is 39.7 Å². The number of hydrogen-bond donors (Lipinski definition) is 0. The van der Waals surface area contributed by atoms with Crippen molar-refractivity contribution in [2.45, 2.75) is 32.2 Å². The van der Waals surface area contributed by atoms with E-state index in [4.69, 9.17) is 25.5 Å². The number of ether oxygens (including phenoxy) is 2. The van der Waals surface area contributed by atoms with Crippen LogP contribution in [0.3, 0.4) is 0 Å². The van der Waals surface area contributed by atoms with Crippen LogP contribution in [0.1, 0.15) is 53.9 Å². The van der Waals surface area contributed by atoms with Gasteiger partial charge in [-0.1, -0.05) is 37.4 Å². The van der Waals surface area contributed by atoms with Crippen molar-refractivity contribution < 1.29 is 18.7 Å². The second kappa shape index (κ2) is 8.63. The highest BCUT2D eigenvalue weighted by atomic mass is 35.5. The number of benzene rings is 2. The summed E-state index contributed by atoms with van der Waals surface area (Å²) in [6.45, 7) is 2.74. The smallest absolute Gasteiger partial charge is 0.290 e. The summed E-state index contributed by atoms with van der Waals surface area (Å²) < 4.78 is 17.2. The van der Waals surface area contributed by atoms with Gasteiger partial charge >= 0.3 is 0 Å². The number of halogens is 1. The topological polar surface area (TPSA) is 69.0 Å². The number of unbranched alkanes of at least 4 members (excludes halogenated alkanes) is 2. The van der Waals surface area contributed by atoms with Gasteiger partial charge in [0.05, 0.1) is 30.7 Å². The molecule has 2 aromatic carbocycles. The number of rotatable bonds is 7. The number of methoxy groups -OCH3 is 1. The number of fused-ring (bicyclic) bond motifs is 2. The van der Waals surface area contributed by atoms with Crippen molar-refractivity contribution in [2.75, 3.05) is 20.8 Å². The minimum absolute atomic E-state index is 0.0613. The highest BCUT2D eigenvalue weighted by Crippen LogP contribution is 2.40. The lowest BCUT2D eigenvalue weighted by molar-refractivity contribution is 0.0771. The van der Waals surface area contributed by atoms with Gasteiger partial charge in [-0.3, -0.25) is 9.59 Å². The standard InChI is InChI=1S/C24H24ClNO5/c1-4-5-6-11-30-18-9-7-14(12-19(18)29-3)21-20-22(27)16-13-15(25)8-10-17(16)31-23(20)24(28)26(21)2/h7-10,12-13,21H,4-6,11H2,1-3H3. The molecule has 0 spiro atoms. The molecule has 1 unspecified atom stereocenters. The first-order valence-electron chi connectivity index (χ1n) is 10.3. The Balaban J connectivity index is 1.77. The zero-order valence-corrected chi connectivity index (χ0v) is 18.5. The maximum Gasteiger partial charge on any atom is 0.290 e. The zero-order valence-electron chi connectivity index (χ0n) is 17.7. The average Bonchev–Trinajstić information content (AvgIpc) is 3.02. The van der Waals surface area contributed by atoms with Gasteiger partial charge in [0.25, 0.3) is 5.91 Å². The molecule has 0 fully saturated rings. The van der Waals surface area contributed by atoms with E-state index in [1.165, 1.54) is 4.90 Å². The molecule has 2 heterocycles. The third-order valence-corrected chi connectivity index (χ3v) is 5.81. The molecule has 3 aromatic rings. The molecule has 0 saturated heterocycles. The van der Waals surface area contributed by atoms with Crippen LogP contribution in [-0.2, 0) is 0 Å². The molecule has 1 amide bonds. The van der Waals surface area contributed by atoms with Crippen molar-refractivity contribution in [1.29, 1.82) is 0 Å². The lowest BCUT2D eigenvalue weighted by Crippen LogP contribution is -2.25. The van der Waals surface area contributed by atoms with Gasteiger partial charge in [0.1, 0.15) is 5.58 Å². The summed E-state index contributed by atoms with van der Waals surface area (Å²) in [4.78, 5) is 27.7. The normalized spacial score (nSPS) is 15.4. The Morgan fingerprint density at radius 1 is 1.10 bits per heavy atom. The summed E-state index contributed by atoms with van der Waals surface area (Å²) in [6, 6.07) is 9.68. The van der Waals surface area contributed by atoms with E-state index in [-0.39, 0.29) is 17.1 Å². The van der Waals surface area contributed by atoms with E-state index in [1.54, 1.807) is 38.4 Å². The van der Waals surface area contributed by atoms with Crippen LogP contribution in [0.15, 0.2) is 45.6 Å². The Kier molecular flexibility index (Phi) is 5.92. The summed E-state index contributed by atoms with van der Waals surface area (Å²) in [5.41, 5.74) is 1.12. The number of nitrogens with zero attached hydrogens (tertiary/aromatic N) is 1. The van der Waals surface area contributed by atoms with E-state index >= 15 is 0 Å². The fraction of sp³-hybridized carbons (Fsp3) is 0.333. The molecule has 1 aliphatic heterocycles. The molecule has 6 nitrogen and oxygen atoms in total. The van der Waals surface area contributed by atoms with E-state index in [0.717, 1.165) is 24.8 Å². The van der Waals surface area contributed by atoms with Crippen LogP contribution in [-0.4, -0.2) is 31.6 Å². The van der Waals surface area contributed by atoms with Gasteiger partial charge < -0.3 is 18.8 Å². The van der Waals surface area contributed by atoms with Crippen LogP contribution in [0.5, 0.6) is 11.5 Å². The van der Waals surface area contributed by atoms with Crippen LogP contribution < -0.4 is 14.9 Å².